The third-order valence-electron chi connectivity index (χ3n) is 2.94. The lowest BCUT2D eigenvalue weighted by Crippen LogP contribution is -2.18. The van der Waals surface area contributed by atoms with Crippen molar-refractivity contribution in [3.05, 3.63) is 63.6 Å². The predicted octanol–water partition coefficient (Wildman–Crippen LogP) is 5.18. The van der Waals surface area contributed by atoms with E-state index in [0.29, 0.717) is 0 Å². The first-order valence-electron chi connectivity index (χ1n) is 6.47. The second kappa shape index (κ2) is 7.37. The van der Waals surface area contributed by atoms with E-state index >= 15 is 0 Å². The van der Waals surface area contributed by atoms with Gasteiger partial charge in [0.1, 0.15) is 0 Å². The van der Waals surface area contributed by atoms with Crippen molar-refractivity contribution in [2.75, 3.05) is 0 Å². The van der Waals surface area contributed by atoms with Crippen molar-refractivity contribution in [2.45, 2.75) is 30.0 Å². The Bertz CT molecular complexity index is 584. The van der Waals surface area contributed by atoms with E-state index in [2.05, 4.69) is 6.07 Å². The molecule has 0 saturated carbocycles. The Hall–Kier alpha value is -0.670. The van der Waals surface area contributed by atoms with Gasteiger partial charge < -0.3 is 5.73 Å². The molecule has 0 saturated heterocycles. The zero-order chi connectivity index (χ0) is 14.5. The average molecular weight is 326 g/mol. The molecule has 0 fully saturated rings. The van der Waals surface area contributed by atoms with E-state index in [9.17, 15) is 0 Å². The van der Waals surface area contributed by atoms with Crippen LogP contribution < -0.4 is 5.73 Å². The predicted molar refractivity (Wildman–Crippen MR) is 89.8 cm³/mol. The lowest BCUT2D eigenvalue weighted by molar-refractivity contribution is 0.729. The third kappa shape index (κ3) is 4.16. The lowest BCUT2D eigenvalue weighted by Gasteiger charge is -2.13. The fourth-order valence-corrected chi connectivity index (χ4v) is 3.66. The van der Waals surface area contributed by atoms with Crippen LogP contribution in [0.15, 0.2) is 47.4 Å². The minimum absolute atomic E-state index is 0.0922. The molecule has 4 heteroatoms. The minimum atomic E-state index is 0.0922. The van der Waals surface area contributed by atoms with Crippen LogP contribution in [0, 0.1) is 0 Å². The number of benzene rings is 2. The molecule has 1 unspecified atom stereocenters. The average Bonchev–Trinajstić information content (AvgIpc) is 2.41. The second-order valence-electron chi connectivity index (χ2n) is 4.78. The summed E-state index contributed by atoms with van der Waals surface area (Å²) in [6.45, 7) is 1.99. The molecule has 0 aliphatic carbocycles. The highest BCUT2D eigenvalue weighted by atomic mass is 35.5. The summed E-state index contributed by atoms with van der Waals surface area (Å²) in [6, 6.07) is 14.0. The van der Waals surface area contributed by atoms with Crippen LogP contribution in [-0.2, 0) is 12.2 Å². The van der Waals surface area contributed by atoms with E-state index in [4.69, 9.17) is 28.9 Å². The molecule has 0 bridgehead atoms. The summed E-state index contributed by atoms with van der Waals surface area (Å²) in [5.74, 6) is 0.825. The Morgan fingerprint density at radius 3 is 2.45 bits per heavy atom. The van der Waals surface area contributed by atoms with Crippen LogP contribution >= 0.6 is 35.0 Å². The van der Waals surface area contributed by atoms with Gasteiger partial charge in [-0.05, 0) is 42.7 Å². The van der Waals surface area contributed by atoms with Crippen LogP contribution in [0.1, 0.15) is 18.1 Å². The van der Waals surface area contributed by atoms with Crippen molar-refractivity contribution in [3.63, 3.8) is 0 Å². The summed E-state index contributed by atoms with van der Waals surface area (Å²) in [7, 11) is 0. The zero-order valence-electron chi connectivity index (χ0n) is 11.3. The molecule has 2 aromatic rings. The van der Waals surface area contributed by atoms with E-state index in [1.54, 1.807) is 11.8 Å². The van der Waals surface area contributed by atoms with Gasteiger partial charge in [-0.1, -0.05) is 47.5 Å². The first kappa shape index (κ1) is 15.7. The summed E-state index contributed by atoms with van der Waals surface area (Å²) in [4.78, 5) is 1.18. The van der Waals surface area contributed by atoms with Crippen LogP contribution in [0.3, 0.4) is 0 Å². The van der Waals surface area contributed by atoms with E-state index in [1.165, 1.54) is 4.90 Å². The van der Waals surface area contributed by atoms with Crippen molar-refractivity contribution < 1.29 is 0 Å². The van der Waals surface area contributed by atoms with Crippen molar-refractivity contribution in [2.24, 2.45) is 5.73 Å². The van der Waals surface area contributed by atoms with Crippen LogP contribution in [-0.4, -0.2) is 6.04 Å². The van der Waals surface area contributed by atoms with Crippen LogP contribution in [0.2, 0.25) is 10.0 Å². The number of rotatable bonds is 5. The Kier molecular flexibility index (Phi) is 5.79. The number of halogens is 2. The summed E-state index contributed by atoms with van der Waals surface area (Å²) in [6.07, 6.45) is 0.782. The van der Waals surface area contributed by atoms with Crippen LogP contribution in [0.25, 0.3) is 0 Å². The van der Waals surface area contributed by atoms with Gasteiger partial charge in [-0.15, -0.1) is 11.8 Å². The fourth-order valence-electron chi connectivity index (χ4n) is 1.97. The fraction of sp³-hybridized carbons (Fsp3) is 0.250. The third-order valence-corrected chi connectivity index (χ3v) is 4.81. The number of hydrogen-bond donors (Lipinski definition) is 1. The summed E-state index contributed by atoms with van der Waals surface area (Å²) in [5, 5.41) is 1.59. The number of hydrogen-bond acceptors (Lipinski definition) is 2. The monoisotopic (exact) mass is 325 g/mol. The van der Waals surface area contributed by atoms with Gasteiger partial charge in [0.15, 0.2) is 0 Å². The van der Waals surface area contributed by atoms with Crippen molar-refractivity contribution in [1.82, 2.24) is 0 Å². The molecule has 1 atom stereocenters. The topological polar surface area (TPSA) is 26.0 Å². The molecule has 106 valence electrons. The standard InChI is InChI=1S/C16H17Cl2NS/c1-11(19)9-13-15(18)7-4-8-16(13)20-10-12-5-2-3-6-14(12)17/h2-8,11H,9-10,19H2,1H3. The molecule has 0 aliphatic heterocycles. The first-order valence-corrected chi connectivity index (χ1v) is 8.21. The molecule has 1 nitrogen and oxygen atoms in total. The van der Waals surface area contributed by atoms with Gasteiger partial charge in [-0.3, -0.25) is 0 Å². The molecule has 0 heterocycles. The maximum atomic E-state index is 6.29. The zero-order valence-corrected chi connectivity index (χ0v) is 13.6. The smallest absolute Gasteiger partial charge is 0.0449 e. The molecule has 0 spiro atoms. The Morgan fingerprint density at radius 2 is 1.75 bits per heavy atom. The molecule has 2 N–H and O–H groups in total. The van der Waals surface area contributed by atoms with Gasteiger partial charge in [0.05, 0.1) is 0 Å². The largest absolute Gasteiger partial charge is 0.328 e. The lowest BCUT2D eigenvalue weighted by atomic mass is 10.1. The second-order valence-corrected chi connectivity index (χ2v) is 6.61. The highest BCUT2D eigenvalue weighted by Gasteiger charge is 2.10. The summed E-state index contributed by atoms with van der Waals surface area (Å²) in [5.41, 5.74) is 8.16. The normalized spacial score (nSPS) is 12.4. The molecule has 2 aromatic carbocycles. The van der Waals surface area contributed by atoms with Gasteiger partial charge in [0.25, 0.3) is 0 Å². The molecular weight excluding hydrogens is 309 g/mol. The first-order chi connectivity index (χ1) is 9.58. The molecule has 0 aliphatic rings. The SMILES string of the molecule is CC(N)Cc1c(Cl)cccc1SCc1ccccc1Cl. The molecule has 0 radical (unpaired) electrons. The van der Waals surface area contributed by atoms with E-state index in [0.717, 1.165) is 33.3 Å². The van der Waals surface area contributed by atoms with Gasteiger partial charge >= 0.3 is 0 Å². The Balaban J connectivity index is 2.17. The molecule has 2 rings (SSSR count). The van der Waals surface area contributed by atoms with E-state index in [-0.39, 0.29) is 6.04 Å². The number of thioether (sulfide) groups is 1. The maximum Gasteiger partial charge on any atom is 0.0449 e. The van der Waals surface area contributed by atoms with Gasteiger partial charge in [-0.25, -0.2) is 0 Å². The van der Waals surface area contributed by atoms with E-state index < -0.39 is 0 Å². The van der Waals surface area contributed by atoms with Crippen molar-refractivity contribution in [1.29, 1.82) is 0 Å². The Morgan fingerprint density at radius 1 is 1.05 bits per heavy atom. The van der Waals surface area contributed by atoms with Gasteiger partial charge in [0.2, 0.25) is 0 Å². The number of nitrogens with two attached hydrogens (primary N) is 1. The Labute approximate surface area is 134 Å². The van der Waals surface area contributed by atoms with Crippen molar-refractivity contribution in [3.8, 4) is 0 Å². The molecule has 0 aromatic heterocycles. The van der Waals surface area contributed by atoms with E-state index in [1.807, 2.05) is 43.3 Å². The maximum absolute atomic E-state index is 6.29. The molecule has 20 heavy (non-hydrogen) atoms. The summed E-state index contributed by atoms with van der Waals surface area (Å²) < 4.78 is 0. The van der Waals surface area contributed by atoms with Gasteiger partial charge in [0, 0.05) is 26.7 Å². The van der Waals surface area contributed by atoms with Gasteiger partial charge in [-0.2, -0.15) is 0 Å². The highest BCUT2D eigenvalue weighted by molar-refractivity contribution is 7.98. The van der Waals surface area contributed by atoms with Crippen molar-refractivity contribution >= 4 is 35.0 Å². The summed E-state index contributed by atoms with van der Waals surface area (Å²) >= 11 is 14.2. The minimum Gasteiger partial charge on any atom is -0.328 e. The van der Waals surface area contributed by atoms with Crippen LogP contribution in [0.5, 0.6) is 0 Å². The van der Waals surface area contributed by atoms with Crippen LogP contribution in [0.4, 0.5) is 0 Å². The quantitative estimate of drug-likeness (QED) is 0.767. The molecule has 0 amide bonds. The highest BCUT2D eigenvalue weighted by Crippen LogP contribution is 2.32. The molecular formula is C16H17Cl2NS.